The Labute approximate surface area is 106 Å². The van der Waals surface area contributed by atoms with Crippen LogP contribution in [0.4, 0.5) is 11.4 Å². The van der Waals surface area contributed by atoms with Crippen molar-refractivity contribution in [3.8, 4) is 5.75 Å². The number of hydrogen-bond acceptors (Lipinski definition) is 4. The molecule has 1 fully saturated rings. The van der Waals surface area contributed by atoms with Crippen molar-refractivity contribution < 1.29 is 14.6 Å². The van der Waals surface area contributed by atoms with Gasteiger partial charge in [-0.15, -0.1) is 0 Å². The Kier molecular flexibility index (Phi) is 3.07. The van der Waals surface area contributed by atoms with E-state index in [-0.39, 0.29) is 0 Å². The number of carbonyl (C=O) groups is 1. The molecule has 3 N–H and O–H groups in total. The van der Waals surface area contributed by atoms with Crippen LogP contribution in [0.15, 0.2) is 18.2 Å². The lowest BCUT2D eigenvalue weighted by Gasteiger charge is -2.33. The second kappa shape index (κ2) is 4.40. The van der Waals surface area contributed by atoms with Crippen molar-refractivity contribution >= 4 is 17.3 Å². The summed E-state index contributed by atoms with van der Waals surface area (Å²) < 4.78 is 5.10. The molecule has 5 heteroatoms. The molecular formula is C13H18N2O3. The lowest BCUT2D eigenvalue weighted by molar-refractivity contribution is -0.142. The molecule has 0 spiro atoms. The first-order valence-corrected chi connectivity index (χ1v) is 5.93. The minimum absolute atomic E-state index is 0.523. The fraction of sp³-hybridized carbons (Fsp3) is 0.462. The molecule has 1 aromatic carbocycles. The van der Waals surface area contributed by atoms with E-state index in [1.54, 1.807) is 26.2 Å². The van der Waals surface area contributed by atoms with E-state index in [2.05, 4.69) is 0 Å². The molecule has 0 aliphatic carbocycles. The maximum atomic E-state index is 11.4. The van der Waals surface area contributed by atoms with E-state index >= 15 is 0 Å². The van der Waals surface area contributed by atoms with Crippen molar-refractivity contribution in [3.05, 3.63) is 18.2 Å². The summed E-state index contributed by atoms with van der Waals surface area (Å²) >= 11 is 0. The minimum atomic E-state index is -0.846. The number of anilines is 2. The Morgan fingerprint density at radius 1 is 1.56 bits per heavy atom. The van der Waals surface area contributed by atoms with Gasteiger partial charge in [0.1, 0.15) is 11.3 Å². The monoisotopic (exact) mass is 250 g/mol. The van der Waals surface area contributed by atoms with Gasteiger partial charge in [0.2, 0.25) is 0 Å². The molecule has 0 bridgehead atoms. The third-order valence-electron chi connectivity index (χ3n) is 3.63. The number of nitrogen functional groups attached to an aromatic ring is 1. The number of hydrogen-bond donors (Lipinski definition) is 2. The molecular weight excluding hydrogens is 232 g/mol. The van der Waals surface area contributed by atoms with Crippen molar-refractivity contribution in [2.45, 2.75) is 25.3 Å². The van der Waals surface area contributed by atoms with Crippen LogP contribution in [0.3, 0.4) is 0 Å². The third kappa shape index (κ3) is 1.85. The molecule has 18 heavy (non-hydrogen) atoms. The van der Waals surface area contributed by atoms with Gasteiger partial charge in [0.15, 0.2) is 0 Å². The maximum Gasteiger partial charge on any atom is 0.329 e. The van der Waals surface area contributed by atoms with Gasteiger partial charge in [-0.3, -0.25) is 0 Å². The molecule has 1 aliphatic heterocycles. The van der Waals surface area contributed by atoms with Gasteiger partial charge in [-0.2, -0.15) is 0 Å². The van der Waals surface area contributed by atoms with Crippen LogP contribution in [0.1, 0.15) is 19.8 Å². The van der Waals surface area contributed by atoms with Gasteiger partial charge in [0.25, 0.3) is 0 Å². The first kappa shape index (κ1) is 12.5. The number of carboxylic acids is 1. The van der Waals surface area contributed by atoms with Crippen LogP contribution in [-0.2, 0) is 4.79 Å². The normalized spacial score (nSPS) is 23.1. The number of nitrogens with zero attached hydrogens (tertiary/aromatic N) is 1. The molecule has 2 rings (SSSR count). The van der Waals surface area contributed by atoms with Crippen LogP contribution in [0.2, 0.25) is 0 Å². The Morgan fingerprint density at radius 3 is 2.83 bits per heavy atom. The minimum Gasteiger partial charge on any atom is -0.495 e. The molecule has 98 valence electrons. The van der Waals surface area contributed by atoms with Crippen molar-refractivity contribution in [3.63, 3.8) is 0 Å². The zero-order valence-corrected chi connectivity index (χ0v) is 10.6. The van der Waals surface area contributed by atoms with Crippen molar-refractivity contribution in [2.75, 3.05) is 24.3 Å². The summed E-state index contributed by atoms with van der Waals surface area (Å²) in [5.74, 6) is -0.190. The van der Waals surface area contributed by atoms with Gasteiger partial charge < -0.3 is 20.5 Å². The summed E-state index contributed by atoms with van der Waals surface area (Å²) in [7, 11) is 1.56. The molecule has 1 atom stereocenters. The Morgan fingerprint density at radius 2 is 2.28 bits per heavy atom. The fourth-order valence-electron chi connectivity index (χ4n) is 2.49. The van der Waals surface area contributed by atoms with E-state index in [0.717, 1.165) is 18.7 Å². The number of benzene rings is 1. The molecule has 1 aliphatic rings. The van der Waals surface area contributed by atoms with Crippen LogP contribution in [-0.4, -0.2) is 30.3 Å². The van der Waals surface area contributed by atoms with E-state index in [1.807, 2.05) is 11.0 Å². The molecule has 1 heterocycles. The van der Waals surface area contributed by atoms with E-state index < -0.39 is 11.5 Å². The number of carboxylic acid groups (broad SMARTS) is 1. The van der Waals surface area contributed by atoms with Crippen LogP contribution in [0.5, 0.6) is 5.75 Å². The molecule has 1 aromatic rings. The first-order chi connectivity index (χ1) is 8.49. The van der Waals surface area contributed by atoms with E-state index in [0.29, 0.717) is 17.9 Å². The lowest BCUT2D eigenvalue weighted by atomic mass is 9.98. The predicted octanol–water partition coefficient (Wildman–Crippen LogP) is 1.72. The van der Waals surface area contributed by atoms with Gasteiger partial charge >= 0.3 is 5.97 Å². The number of ether oxygens (including phenoxy) is 1. The Balaban J connectivity index is 2.37. The standard InChI is InChI=1S/C13H18N2O3/c1-13(12(16)17)6-3-7-15(13)9-4-5-11(18-2)10(14)8-9/h4-5,8H,3,6-7,14H2,1-2H3,(H,16,17)/t13-/m0/s1. The zero-order chi connectivity index (χ0) is 13.3. The van der Waals surface area contributed by atoms with Gasteiger partial charge in [0.05, 0.1) is 12.8 Å². The van der Waals surface area contributed by atoms with Gasteiger partial charge in [0, 0.05) is 12.2 Å². The average molecular weight is 250 g/mol. The predicted molar refractivity (Wildman–Crippen MR) is 70.0 cm³/mol. The molecule has 0 unspecified atom stereocenters. The van der Waals surface area contributed by atoms with Crippen LogP contribution in [0.25, 0.3) is 0 Å². The first-order valence-electron chi connectivity index (χ1n) is 5.93. The van der Waals surface area contributed by atoms with Crippen molar-refractivity contribution in [1.29, 1.82) is 0 Å². The molecule has 0 saturated carbocycles. The molecule has 0 amide bonds. The van der Waals surface area contributed by atoms with E-state index in [1.165, 1.54) is 0 Å². The SMILES string of the molecule is COc1ccc(N2CCC[C@@]2(C)C(=O)O)cc1N. The second-order valence-electron chi connectivity index (χ2n) is 4.76. The summed E-state index contributed by atoms with van der Waals surface area (Å²) in [5, 5.41) is 9.38. The molecule has 1 saturated heterocycles. The van der Waals surface area contributed by atoms with Crippen LogP contribution in [0, 0.1) is 0 Å². The topological polar surface area (TPSA) is 75.8 Å². The summed E-state index contributed by atoms with van der Waals surface area (Å²) in [4.78, 5) is 13.3. The summed E-state index contributed by atoms with van der Waals surface area (Å²) in [6, 6.07) is 5.39. The van der Waals surface area contributed by atoms with Crippen molar-refractivity contribution in [1.82, 2.24) is 0 Å². The number of aliphatic carboxylic acids is 1. The largest absolute Gasteiger partial charge is 0.495 e. The maximum absolute atomic E-state index is 11.4. The summed E-state index contributed by atoms with van der Waals surface area (Å²) in [6.07, 6.45) is 1.52. The lowest BCUT2D eigenvalue weighted by Crippen LogP contribution is -2.48. The second-order valence-corrected chi connectivity index (χ2v) is 4.76. The third-order valence-corrected chi connectivity index (χ3v) is 3.63. The molecule has 0 aromatic heterocycles. The average Bonchev–Trinajstić information content (AvgIpc) is 2.72. The molecule has 0 radical (unpaired) electrons. The van der Waals surface area contributed by atoms with Crippen molar-refractivity contribution in [2.24, 2.45) is 0 Å². The summed E-state index contributed by atoms with van der Waals surface area (Å²) in [6.45, 7) is 2.48. The summed E-state index contributed by atoms with van der Waals surface area (Å²) in [5.41, 5.74) is 6.37. The number of methoxy groups -OCH3 is 1. The fourth-order valence-corrected chi connectivity index (χ4v) is 2.49. The van der Waals surface area contributed by atoms with Gasteiger partial charge in [-0.05, 0) is 38.0 Å². The highest BCUT2D eigenvalue weighted by Crippen LogP contribution is 2.36. The van der Waals surface area contributed by atoms with Crippen LogP contribution < -0.4 is 15.4 Å². The smallest absolute Gasteiger partial charge is 0.329 e. The Bertz CT molecular complexity index is 475. The van der Waals surface area contributed by atoms with Gasteiger partial charge in [-0.25, -0.2) is 4.79 Å². The molecule has 5 nitrogen and oxygen atoms in total. The highest BCUT2D eigenvalue weighted by atomic mass is 16.5. The van der Waals surface area contributed by atoms with E-state index in [4.69, 9.17) is 10.5 Å². The number of rotatable bonds is 3. The number of nitrogens with two attached hydrogens (primary N) is 1. The highest BCUT2D eigenvalue weighted by Gasteiger charge is 2.43. The zero-order valence-electron chi connectivity index (χ0n) is 10.6. The van der Waals surface area contributed by atoms with E-state index in [9.17, 15) is 9.90 Å². The quantitative estimate of drug-likeness (QED) is 0.799. The Hall–Kier alpha value is -1.91. The van der Waals surface area contributed by atoms with Crippen LogP contribution >= 0.6 is 0 Å². The van der Waals surface area contributed by atoms with Gasteiger partial charge in [-0.1, -0.05) is 0 Å². The highest BCUT2D eigenvalue weighted by molar-refractivity contribution is 5.84.